The molecule has 1 aliphatic rings. The molecule has 2 rings (SSSR count). The molecule has 0 amide bonds. The van der Waals surface area contributed by atoms with Gasteiger partial charge in [-0.1, -0.05) is 0 Å². The lowest BCUT2D eigenvalue weighted by molar-refractivity contribution is 0.0698. The highest BCUT2D eigenvalue weighted by Gasteiger charge is 2.27. The van der Waals surface area contributed by atoms with Crippen molar-refractivity contribution in [1.82, 2.24) is 0 Å². The van der Waals surface area contributed by atoms with Crippen LogP contribution in [-0.4, -0.2) is 35.4 Å². The number of benzene rings is 1. The van der Waals surface area contributed by atoms with Crippen LogP contribution >= 0.6 is 0 Å². The van der Waals surface area contributed by atoms with Crippen molar-refractivity contribution in [1.29, 1.82) is 0 Å². The molecule has 0 aromatic heterocycles. The summed E-state index contributed by atoms with van der Waals surface area (Å²) < 4.78 is 14.1. The summed E-state index contributed by atoms with van der Waals surface area (Å²) in [4.78, 5) is 13.0. The van der Waals surface area contributed by atoms with Crippen LogP contribution in [0.15, 0.2) is 12.1 Å². The number of anilines is 2. The number of hydrogen-bond donors (Lipinski definition) is 3. The lowest BCUT2D eigenvalue weighted by Crippen LogP contribution is -2.30. The van der Waals surface area contributed by atoms with Crippen molar-refractivity contribution in [3.63, 3.8) is 0 Å². The Balaban J connectivity index is 2.31. The van der Waals surface area contributed by atoms with E-state index < -0.39 is 11.8 Å². The zero-order chi connectivity index (χ0) is 14.7. The van der Waals surface area contributed by atoms with Crippen LogP contribution in [0.3, 0.4) is 0 Å². The van der Waals surface area contributed by atoms with E-state index in [4.69, 9.17) is 15.9 Å². The first-order chi connectivity index (χ1) is 9.54. The predicted octanol–water partition coefficient (Wildman–Crippen LogP) is 1.85. The summed E-state index contributed by atoms with van der Waals surface area (Å²) in [6, 6.07) is 2.52. The van der Waals surface area contributed by atoms with E-state index in [1.807, 2.05) is 4.90 Å². The smallest absolute Gasteiger partial charge is 0.337 e. The highest BCUT2D eigenvalue weighted by Crippen LogP contribution is 2.32. The zero-order valence-electron chi connectivity index (χ0n) is 11.2. The van der Waals surface area contributed by atoms with Crippen molar-refractivity contribution < 1.29 is 19.4 Å². The number of carboxylic acids is 1. The quantitative estimate of drug-likeness (QED) is 0.717. The van der Waals surface area contributed by atoms with Gasteiger partial charge < -0.3 is 20.8 Å². The number of aromatic carboxylic acids is 1. The van der Waals surface area contributed by atoms with Crippen molar-refractivity contribution in [2.45, 2.75) is 31.7 Å². The van der Waals surface area contributed by atoms with E-state index in [1.54, 1.807) is 0 Å². The third kappa shape index (κ3) is 2.85. The Morgan fingerprint density at radius 2 is 2.25 bits per heavy atom. The van der Waals surface area contributed by atoms with E-state index in [2.05, 4.69) is 0 Å². The predicted molar refractivity (Wildman–Crippen MR) is 74.5 cm³/mol. The van der Waals surface area contributed by atoms with Gasteiger partial charge in [0.1, 0.15) is 5.82 Å². The molecule has 1 aromatic carbocycles. The minimum absolute atomic E-state index is 0.0649. The molecule has 0 aliphatic carbocycles. The summed E-state index contributed by atoms with van der Waals surface area (Å²) in [5.41, 5.74) is 5.68. The fourth-order valence-corrected chi connectivity index (χ4v) is 2.76. The van der Waals surface area contributed by atoms with Crippen molar-refractivity contribution >= 4 is 17.3 Å². The van der Waals surface area contributed by atoms with E-state index in [0.717, 1.165) is 25.3 Å². The van der Waals surface area contributed by atoms with E-state index >= 15 is 0 Å². The van der Waals surface area contributed by atoms with Crippen LogP contribution in [0.1, 0.15) is 36.0 Å². The van der Waals surface area contributed by atoms with Crippen LogP contribution in [0.4, 0.5) is 15.8 Å². The van der Waals surface area contributed by atoms with Crippen molar-refractivity contribution in [2.24, 2.45) is 0 Å². The third-order valence-electron chi connectivity index (χ3n) is 3.73. The SMILES string of the molecule is Nc1cc(F)c(N2CCCC2CCCO)cc1C(=O)O. The van der Waals surface area contributed by atoms with Gasteiger partial charge in [0, 0.05) is 24.9 Å². The summed E-state index contributed by atoms with van der Waals surface area (Å²) in [6.45, 7) is 0.797. The number of nitrogens with zero attached hydrogens (tertiary/aromatic N) is 1. The molecule has 1 saturated heterocycles. The lowest BCUT2D eigenvalue weighted by Gasteiger charge is -2.27. The molecular formula is C14H19FN2O3. The van der Waals surface area contributed by atoms with Gasteiger partial charge >= 0.3 is 5.97 Å². The molecule has 0 spiro atoms. The van der Waals surface area contributed by atoms with Crippen molar-refractivity contribution in [3.05, 3.63) is 23.5 Å². The van der Waals surface area contributed by atoms with Gasteiger partial charge in [-0.3, -0.25) is 0 Å². The average molecular weight is 282 g/mol. The number of aliphatic hydroxyl groups excluding tert-OH is 1. The largest absolute Gasteiger partial charge is 0.478 e. The van der Waals surface area contributed by atoms with Crippen molar-refractivity contribution in [2.75, 3.05) is 23.8 Å². The Labute approximate surface area is 116 Å². The Morgan fingerprint density at radius 1 is 1.50 bits per heavy atom. The fourth-order valence-electron chi connectivity index (χ4n) is 2.76. The molecule has 20 heavy (non-hydrogen) atoms. The van der Waals surface area contributed by atoms with Gasteiger partial charge in [0.05, 0.1) is 11.3 Å². The molecule has 0 saturated carbocycles. The van der Waals surface area contributed by atoms with E-state index in [1.165, 1.54) is 6.07 Å². The fraction of sp³-hybridized carbons (Fsp3) is 0.500. The summed E-state index contributed by atoms with van der Waals surface area (Å²) in [6.07, 6.45) is 3.28. The second-order valence-electron chi connectivity index (χ2n) is 5.05. The number of nitrogen functional groups attached to an aromatic ring is 1. The van der Waals surface area contributed by atoms with Gasteiger partial charge in [-0.2, -0.15) is 0 Å². The molecule has 0 radical (unpaired) electrons. The maximum atomic E-state index is 14.1. The molecule has 4 N–H and O–H groups in total. The van der Waals surface area contributed by atoms with Crippen LogP contribution in [0, 0.1) is 5.82 Å². The average Bonchev–Trinajstić information content (AvgIpc) is 2.84. The third-order valence-corrected chi connectivity index (χ3v) is 3.73. The zero-order valence-corrected chi connectivity index (χ0v) is 11.2. The normalized spacial score (nSPS) is 18.5. The highest BCUT2D eigenvalue weighted by atomic mass is 19.1. The van der Waals surface area contributed by atoms with Gasteiger partial charge in [-0.25, -0.2) is 9.18 Å². The van der Waals surface area contributed by atoms with Crippen LogP contribution in [0.5, 0.6) is 0 Å². The first-order valence-corrected chi connectivity index (χ1v) is 6.74. The van der Waals surface area contributed by atoms with Crippen LogP contribution in [-0.2, 0) is 0 Å². The van der Waals surface area contributed by atoms with Gasteiger partial charge in [0.2, 0.25) is 0 Å². The molecular weight excluding hydrogens is 263 g/mol. The molecule has 5 nitrogen and oxygen atoms in total. The number of rotatable bonds is 5. The van der Waals surface area contributed by atoms with Crippen molar-refractivity contribution in [3.8, 4) is 0 Å². The Kier molecular flexibility index (Phi) is 4.44. The van der Waals surface area contributed by atoms with E-state index in [0.29, 0.717) is 13.0 Å². The summed E-state index contributed by atoms with van der Waals surface area (Å²) >= 11 is 0. The maximum Gasteiger partial charge on any atom is 0.337 e. The molecule has 0 bridgehead atoms. The topological polar surface area (TPSA) is 86.8 Å². The number of nitrogens with two attached hydrogens (primary N) is 1. The summed E-state index contributed by atoms with van der Waals surface area (Å²) in [7, 11) is 0. The number of hydrogen-bond acceptors (Lipinski definition) is 4. The number of aliphatic hydroxyl groups is 1. The number of carbonyl (C=O) groups is 1. The Bertz CT molecular complexity index is 507. The van der Waals surface area contributed by atoms with Gasteiger partial charge in [-0.15, -0.1) is 0 Å². The Hall–Kier alpha value is -1.82. The first kappa shape index (κ1) is 14.6. The maximum absolute atomic E-state index is 14.1. The molecule has 110 valence electrons. The monoisotopic (exact) mass is 282 g/mol. The minimum Gasteiger partial charge on any atom is -0.478 e. The summed E-state index contributed by atoms with van der Waals surface area (Å²) in [5.74, 6) is -1.65. The number of halogens is 1. The van der Waals surface area contributed by atoms with Gasteiger partial charge in [-0.05, 0) is 37.8 Å². The van der Waals surface area contributed by atoms with Crippen LogP contribution < -0.4 is 10.6 Å². The van der Waals surface area contributed by atoms with E-state index in [-0.39, 0.29) is 29.6 Å². The second-order valence-corrected chi connectivity index (χ2v) is 5.05. The molecule has 1 aliphatic heterocycles. The summed E-state index contributed by atoms with van der Waals surface area (Å²) in [5, 5.41) is 18.0. The molecule has 1 unspecified atom stereocenters. The first-order valence-electron chi connectivity index (χ1n) is 6.74. The molecule has 1 heterocycles. The van der Waals surface area contributed by atoms with Gasteiger partial charge in [0.15, 0.2) is 0 Å². The molecule has 1 fully saturated rings. The van der Waals surface area contributed by atoms with Crippen LogP contribution in [0.2, 0.25) is 0 Å². The van der Waals surface area contributed by atoms with E-state index in [9.17, 15) is 9.18 Å². The standard InChI is InChI=1S/C14H19FN2O3/c15-11-8-12(16)10(14(19)20)7-13(11)17-5-1-3-9(17)4-2-6-18/h7-9,18H,1-6,16H2,(H,19,20). The lowest BCUT2D eigenvalue weighted by atomic mass is 10.1. The Morgan fingerprint density at radius 3 is 2.90 bits per heavy atom. The molecule has 1 aromatic rings. The second kappa shape index (κ2) is 6.09. The number of carboxylic acid groups (broad SMARTS) is 1. The minimum atomic E-state index is -1.16. The van der Waals surface area contributed by atoms with Gasteiger partial charge in [0.25, 0.3) is 0 Å². The van der Waals surface area contributed by atoms with Crippen LogP contribution in [0.25, 0.3) is 0 Å². The highest BCUT2D eigenvalue weighted by molar-refractivity contribution is 5.95. The molecule has 1 atom stereocenters. The molecule has 6 heteroatoms.